The van der Waals surface area contributed by atoms with E-state index in [0.29, 0.717) is 16.8 Å². The quantitative estimate of drug-likeness (QED) is 0.502. The molecule has 2 aromatic rings. The Labute approximate surface area is 132 Å². The molecule has 0 aliphatic carbocycles. The zero-order valence-electron chi connectivity index (χ0n) is 12.4. The first-order valence-corrected chi connectivity index (χ1v) is 6.80. The molecule has 0 saturated carbocycles. The molecular weight excluding hydrogens is 298 g/mol. The van der Waals surface area contributed by atoms with Gasteiger partial charge in [0.1, 0.15) is 0 Å². The summed E-state index contributed by atoms with van der Waals surface area (Å²) < 4.78 is 9.45. The largest absolute Gasteiger partial charge is 0.465 e. The Bertz CT molecular complexity index is 714. The van der Waals surface area contributed by atoms with Gasteiger partial charge >= 0.3 is 11.9 Å². The number of ketones is 1. The maximum atomic E-state index is 11.6. The van der Waals surface area contributed by atoms with Crippen molar-refractivity contribution in [1.29, 1.82) is 0 Å². The Morgan fingerprint density at radius 3 is 2.48 bits per heavy atom. The number of esters is 2. The number of carbonyl (C=O) groups is 3. The van der Waals surface area contributed by atoms with Crippen LogP contribution >= 0.6 is 0 Å². The van der Waals surface area contributed by atoms with Crippen LogP contribution in [0.2, 0.25) is 0 Å². The second kappa shape index (κ2) is 7.74. The van der Waals surface area contributed by atoms with E-state index < -0.39 is 11.9 Å². The minimum atomic E-state index is -0.623. The van der Waals surface area contributed by atoms with Gasteiger partial charge in [-0.25, -0.2) is 9.59 Å². The smallest absolute Gasteiger partial charge is 0.337 e. The topological polar surface area (TPSA) is 85.5 Å². The molecule has 118 valence electrons. The molecule has 0 bridgehead atoms. The van der Waals surface area contributed by atoms with Crippen LogP contribution in [0.1, 0.15) is 26.4 Å². The van der Waals surface area contributed by atoms with E-state index >= 15 is 0 Å². The molecule has 0 atom stereocenters. The van der Waals surface area contributed by atoms with E-state index in [9.17, 15) is 14.4 Å². The zero-order valence-corrected chi connectivity index (χ0v) is 12.4. The first kappa shape index (κ1) is 16.2. The van der Waals surface area contributed by atoms with E-state index in [1.807, 2.05) is 0 Å². The highest BCUT2D eigenvalue weighted by Crippen LogP contribution is 2.07. The van der Waals surface area contributed by atoms with Crippen LogP contribution in [0.25, 0.3) is 6.08 Å². The maximum Gasteiger partial charge on any atom is 0.337 e. The molecule has 0 amide bonds. The predicted octanol–water partition coefficient (Wildman–Crippen LogP) is 2.24. The summed E-state index contributed by atoms with van der Waals surface area (Å²) >= 11 is 0. The number of nitrogens with one attached hydrogen (secondary N) is 1. The van der Waals surface area contributed by atoms with Gasteiger partial charge in [-0.3, -0.25) is 4.79 Å². The second-order valence-electron chi connectivity index (χ2n) is 4.56. The molecule has 0 unspecified atom stereocenters. The number of benzene rings is 1. The second-order valence-corrected chi connectivity index (χ2v) is 4.56. The van der Waals surface area contributed by atoms with Gasteiger partial charge in [-0.2, -0.15) is 0 Å². The van der Waals surface area contributed by atoms with Crippen molar-refractivity contribution in [3.63, 3.8) is 0 Å². The van der Waals surface area contributed by atoms with Gasteiger partial charge in [-0.05, 0) is 35.9 Å². The van der Waals surface area contributed by atoms with Gasteiger partial charge < -0.3 is 14.5 Å². The minimum Gasteiger partial charge on any atom is -0.465 e. The SMILES string of the molecule is COC(=O)c1ccc(/C=C/C(=O)OCC(=O)c2ccc[nH]2)cc1. The van der Waals surface area contributed by atoms with Crippen molar-refractivity contribution in [3.05, 3.63) is 65.5 Å². The highest BCUT2D eigenvalue weighted by atomic mass is 16.5. The molecule has 1 heterocycles. The van der Waals surface area contributed by atoms with Crippen molar-refractivity contribution in [2.75, 3.05) is 13.7 Å². The predicted molar refractivity (Wildman–Crippen MR) is 82.9 cm³/mol. The number of rotatable bonds is 6. The van der Waals surface area contributed by atoms with Crippen LogP contribution in [0.15, 0.2) is 48.7 Å². The fraction of sp³-hybridized carbons (Fsp3) is 0.118. The number of H-pyrrole nitrogens is 1. The molecular formula is C17H15NO5. The normalized spacial score (nSPS) is 10.5. The van der Waals surface area contributed by atoms with E-state index in [4.69, 9.17) is 4.74 Å². The molecule has 0 saturated heterocycles. The third-order valence-electron chi connectivity index (χ3n) is 2.99. The Kier molecular flexibility index (Phi) is 5.46. The van der Waals surface area contributed by atoms with Crippen molar-refractivity contribution in [1.82, 2.24) is 4.98 Å². The molecule has 0 radical (unpaired) electrons. The molecule has 0 aliphatic rings. The molecule has 6 nitrogen and oxygen atoms in total. The summed E-state index contributed by atoms with van der Waals surface area (Å²) in [6.07, 6.45) is 4.37. The lowest BCUT2D eigenvalue weighted by molar-refractivity contribution is -0.136. The van der Waals surface area contributed by atoms with Crippen LogP contribution in [0.5, 0.6) is 0 Å². The fourth-order valence-corrected chi connectivity index (χ4v) is 1.78. The monoisotopic (exact) mass is 313 g/mol. The van der Waals surface area contributed by atoms with Crippen molar-refractivity contribution < 1.29 is 23.9 Å². The maximum absolute atomic E-state index is 11.6. The third-order valence-corrected chi connectivity index (χ3v) is 2.99. The Morgan fingerprint density at radius 2 is 1.87 bits per heavy atom. The highest BCUT2D eigenvalue weighted by molar-refractivity contribution is 5.97. The van der Waals surface area contributed by atoms with Gasteiger partial charge in [0.15, 0.2) is 6.61 Å². The summed E-state index contributed by atoms with van der Waals surface area (Å²) in [5, 5.41) is 0. The van der Waals surface area contributed by atoms with Gasteiger partial charge in [-0.1, -0.05) is 12.1 Å². The van der Waals surface area contributed by atoms with E-state index in [1.54, 1.807) is 42.6 Å². The average Bonchev–Trinajstić information content (AvgIpc) is 3.12. The van der Waals surface area contributed by atoms with Crippen LogP contribution in [0.4, 0.5) is 0 Å². The Morgan fingerprint density at radius 1 is 1.13 bits per heavy atom. The number of methoxy groups -OCH3 is 1. The van der Waals surface area contributed by atoms with Crippen LogP contribution in [-0.4, -0.2) is 36.4 Å². The highest BCUT2D eigenvalue weighted by Gasteiger charge is 2.08. The molecule has 0 spiro atoms. The number of carbonyl (C=O) groups excluding carboxylic acids is 3. The standard InChI is InChI=1S/C17H15NO5/c1-22-17(21)13-7-4-12(5-8-13)6-9-16(20)23-11-15(19)14-3-2-10-18-14/h2-10,18H,11H2,1H3/b9-6+. The minimum absolute atomic E-state index is 0.306. The van der Waals surface area contributed by atoms with Crippen molar-refractivity contribution in [3.8, 4) is 0 Å². The van der Waals surface area contributed by atoms with Crippen LogP contribution in [0.3, 0.4) is 0 Å². The lowest BCUT2D eigenvalue weighted by atomic mass is 10.1. The Hall–Kier alpha value is -3.15. The van der Waals surface area contributed by atoms with Gasteiger partial charge in [0, 0.05) is 12.3 Å². The summed E-state index contributed by atoms with van der Waals surface area (Å²) in [5.41, 5.74) is 1.52. The van der Waals surface area contributed by atoms with Crippen LogP contribution < -0.4 is 0 Å². The summed E-state index contributed by atoms with van der Waals surface area (Å²) in [5.74, 6) is -1.36. The first-order chi connectivity index (χ1) is 11.1. The van der Waals surface area contributed by atoms with Gasteiger partial charge in [0.2, 0.25) is 5.78 Å². The number of aromatic nitrogens is 1. The molecule has 1 aromatic heterocycles. The zero-order chi connectivity index (χ0) is 16.7. The number of hydrogen-bond acceptors (Lipinski definition) is 5. The van der Waals surface area contributed by atoms with Crippen molar-refractivity contribution in [2.45, 2.75) is 0 Å². The number of Topliss-reactive ketones (excluding diaryl/α,β-unsaturated/α-hetero) is 1. The fourth-order valence-electron chi connectivity index (χ4n) is 1.78. The van der Waals surface area contributed by atoms with Gasteiger partial charge in [0.05, 0.1) is 18.4 Å². The Balaban J connectivity index is 1.86. The molecule has 0 fully saturated rings. The average molecular weight is 313 g/mol. The molecule has 2 rings (SSSR count). The number of hydrogen-bond donors (Lipinski definition) is 1. The molecule has 23 heavy (non-hydrogen) atoms. The molecule has 1 N–H and O–H groups in total. The lowest BCUT2D eigenvalue weighted by Gasteiger charge is -2.01. The van der Waals surface area contributed by atoms with E-state index in [1.165, 1.54) is 19.3 Å². The molecule has 1 aromatic carbocycles. The summed E-state index contributed by atoms with van der Waals surface area (Å²) in [6, 6.07) is 9.80. The van der Waals surface area contributed by atoms with Gasteiger partial charge in [0.25, 0.3) is 0 Å². The molecule has 6 heteroatoms. The van der Waals surface area contributed by atoms with Crippen molar-refractivity contribution in [2.24, 2.45) is 0 Å². The summed E-state index contributed by atoms with van der Waals surface area (Å²) in [4.78, 5) is 37.2. The van der Waals surface area contributed by atoms with E-state index in [2.05, 4.69) is 9.72 Å². The first-order valence-electron chi connectivity index (χ1n) is 6.80. The summed E-state index contributed by atoms with van der Waals surface area (Å²) in [6.45, 7) is -0.328. The van der Waals surface area contributed by atoms with Crippen molar-refractivity contribution >= 4 is 23.8 Å². The lowest BCUT2D eigenvalue weighted by Crippen LogP contribution is -2.12. The molecule has 0 aliphatic heterocycles. The van der Waals surface area contributed by atoms with Crippen LogP contribution in [0, 0.1) is 0 Å². The summed E-state index contributed by atoms with van der Waals surface area (Å²) in [7, 11) is 1.31. The van der Waals surface area contributed by atoms with E-state index in [0.717, 1.165) is 0 Å². The van der Waals surface area contributed by atoms with E-state index in [-0.39, 0.29) is 12.4 Å². The number of aromatic amines is 1. The number of ether oxygens (including phenoxy) is 2. The third kappa shape index (κ3) is 4.67. The van der Waals surface area contributed by atoms with Crippen LogP contribution in [-0.2, 0) is 14.3 Å². The van der Waals surface area contributed by atoms with Gasteiger partial charge in [-0.15, -0.1) is 0 Å².